The second-order valence-corrected chi connectivity index (χ2v) is 9.63. The third-order valence-electron chi connectivity index (χ3n) is 6.16. The fourth-order valence-electron chi connectivity index (χ4n) is 3.60. The number of benzene rings is 1. The lowest BCUT2D eigenvalue weighted by Gasteiger charge is -2.19. The van der Waals surface area contributed by atoms with Crippen LogP contribution in [0.3, 0.4) is 0 Å². The van der Waals surface area contributed by atoms with Crippen molar-refractivity contribution < 1.29 is 23.9 Å². The zero-order valence-electron chi connectivity index (χ0n) is 21.9. The summed E-state index contributed by atoms with van der Waals surface area (Å²) in [6.07, 6.45) is 2.95. The number of carbonyl (C=O) groups excluding carboxylic acids is 4. The van der Waals surface area contributed by atoms with Gasteiger partial charge in [-0.15, -0.1) is 0 Å². The van der Waals surface area contributed by atoms with Crippen LogP contribution in [0.1, 0.15) is 44.2 Å². The number of esters is 1. The Balaban J connectivity index is 1.46. The number of primary amides is 1. The van der Waals surface area contributed by atoms with E-state index in [4.69, 9.17) is 10.5 Å². The number of hydrogen-bond acceptors (Lipinski definition) is 9. The van der Waals surface area contributed by atoms with Gasteiger partial charge in [0.2, 0.25) is 17.8 Å². The number of nitrogens with zero attached hydrogens (tertiary/aromatic N) is 2. The largest absolute Gasteiger partial charge is 0.452 e. The third-order valence-corrected chi connectivity index (χ3v) is 6.16. The summed E-state index contributed by atoms with van der Waals surface area (Å²) in [6, 6.07) is 7.71. The van der Waals surface area contributed by atoms with Crippen molar-refractivity contribution >= 4 is 41.1 Å². The van der Waals surface area contributed by atoms with Crippen LogP contribution in [0.25, 0.3) is 0 Å². The average Bonchev–Trinajstić information content (AvgIpc) is 3.32. The summed E-state index contributed by atoms with van der Waals surface area (Å²) in [7, 11) is 0. The number of carbonyl (C=O) groups is 4. The first-order valence-corrected chi connectivity index (χ1v) is 12.5. The van der Waals surface area contributed by atoms with E-state index in [1.54, 1.807) is 6.20 Å². The van der Waals surface area contributed by atoms with Gasteiger partial charge in [-0.2, -0.15) is 4.98 Å². The van der Waals surface area contributed by atoms with Gasteiger partial charge in [-0.3, -0.25) is 19.2 Å². The first-order valence-electron chi connectivity index (χ1n) is 12.5. The number of cyclic esters (lactones) is 1. The summed E-state index contributed by atoms with van der Waals surface area (Å²) in [5.74, 6) is -0.597. The van der Waals surface area contributed by atoms with Crippen molar-refractivity contribution in [2.24, 2.45) is 11.1 Å². The SMILES string of the molecule is Cc1cnc(Nc2cccc(CCNC(=O)C3CCC(=O)O3)c2)nc1NCCCNC(=O)C(C)(C)C(N)=O. The molecule has 0 aliphatic carbocycles. The number of ether oxygens (including phenoxy) is 1. The molecule has 12 nitrogen and oxygen atoms in total. The van der Waals surface area contributed by atoms with Crippen molar-refractivity contribution in [2.45, 2.75) is 52.6 Å². The quantitative estimate of drug-likeness (QED) is 0.147. The molecule has 1 unspecified atom stereocenters. The molecule has 6 N–H and O–H groups in total. The van der Waals surface area contributed by atoms with Crippen molar-refractivity contribution in [1.29, 1.82) is 0 Å². The van der Waals surface area contributed by atoms with Gasteiger partial charge in [0, 0.05) is 49.9 Å². The van der Waals surface area contributed by atoms with Crippen LogP contribution in [-0.2, 0) is 30.3 Å². The van der Waals surface area contributed by atoms with Gasteiger partial charge in [0.25, 0.3) is 5.91 Å². The molecule has 0 bridgehead atoms. The summed E-state index contributed by atoms with van der Waals surface area (Å²) in [6.45, 7) is 6.24. The van der Waals surface area contributed by atoms with Crippen molar-refractivity contribution in [3.05, 3.63) is 41.6 Å². The number of hydrogen-bond donors (Lipinski definition) is 5. The molecule has 38 heavy (non-hydrogen) atoms. The number of nitrogens with one attached hydrogen (secondary N) is 4. The summed E-state index contributed by atoms with van der Waals surface area (Å²) < 4.78 is 4.98. The van der Waals surface area contributed by atoms with E-state index in [9.17, 15) is 19.2 Å². The fraction of sp³-hybridized carbons (Fsp3) is 0.462. The average molecular weight is 526 g/mol. The first kappa shape index (κ1) is 28.4. The van der Waals surface area contributed by atoms with E-state index >= 15 is 0 Å². The van der Waals surface area contributed by atoms with Crippen LogP contribution in [0.5, 0.6) is 0 Å². The number of amides is 3. The van der Waals surface area contributed by atoms with Crippen LogP contribution in [0.15, 0.2) is 30.5 Å². The Bertz CT molecular complexity index is 1180. The van der Waals surface area contributed by atoms with E-state index in [1.165, 1.54) is 13.8 Å². The van der Waals surface area contributed by atoms with Crippen LogP contribution >= 0.6 is 0 Å². The molecule has 1 aromatic heterocycles. The number of nitrogens with two attached hydrogens (primary N) is 1. The molecule has 0 saturated carbocycles. The highest BCUT2D eigenvalue weighted by atomic mass is 16.6. The van der Waals surface area contributed by atoms with Crippen molar-refractivity contribution in [3.8, 4) is 0 Å². The molecular formula is C26H35N7O5. The van der Waals surface area contributed by atoms with E-state index in [0.717, 1.165) is 16.8 Å². The Hall–Kier alpha value is -4.22. The maximum Gasteiger partial charge on any atom is 0.306 e. The zero-order chi connectivity index (χ0) is 27.7. The fourth-order valence-corrected chi connectivity index (χ4v) is 3.60. The third kappa shape index (κ3) is 7.89. The number of rotatable bonds is 13. The minimum atomic E-state index is -1.26. The number of aryl methyl sites for hydroxylation is 1. The molecule has 3 rings (SSSR count). The normalized spacial score (nSPS) is 14.9. The summed E-state index contributed by atoms with van der Waals surface area (Å²) >= 11 is 0. The molecule has 1 atom stereocenters. The Labute approximate surface area is 221 Å². The van der Waals surface area contributed by atoms with E-state index < -0.39 is 23.3 Å². The van der Waals surface area contributed by atoms with Crippen LogP contribution in [0, 0.1) is 12.3 Å². The number of anilines is 3. The van der Waals surface area contributed by atoms with Crippen LogP contribution in [0.4, 0.5) is 17.5 Å². The molecule has 204 valence electrons. The van der Waals surface area contributed by atoms with Gasteiger partial charge in [0.15, 0.2) is 6.10 Å². The lowest BCUT2D eigenvalue weighted by atomic mass is 9.91. The second kappa shape index (κ2) is 12.8. The van der Waals surface area contributed by atoms with E-state index in [0.29, 0.717) is 50.7 Å². The lowest BCUT2D eigenvalue weighted by molar-refractivity contribution is -0.148. The van der Waals surface area contributed by atoms with Crippen LogP contribution < -0.4 is 27.0 Å². The van der Waals surface area contributed by atoms with Gasteiger partial charge >= 0.3 is 5.97 Å². The lowest BCUT2D eigenvalue weighted by Crippen LogP contribution is -2.46. The topological polar surface area (TPSA) is 177 Å². The molecular weight excluding hydrogens is 490 g/mol. The van der Waals surface area contributed by atoms with Crippen molar-refractivity contribution in [2.75, 3.05) is 30.3 Å². The minimum Gasteiger partial charge on any atom is -0.452 e. The predicted molar refractivity (Wildman–Crippen MR) is 141 cm³/mol. The Kier molecular flexibility index (Phi) is 9.58. The molecule has 0 spiro atoms. The Morgan fingerprint density at radius 2 is 1.95 bits per heavy atom. The van der Waals surface area contributed by atoms with Crippen LogP contribution in [0.2, 0.25) is 0 Å². The summed E-state index contributed by atoms with van der Waals surface area (Å²) in [5, 5.41) is 12.0. The molecule has 1 fully saturated rings. The zero-order valence-corrected chi connectivity index (χ0v) is 21.9. The van der Waals surface area contributed by atoms with Crippen molar-refractivity contribution in [1.82, 2.24) is 20.6 Å². The van der Waals surface area contributed by atoms with Gasteiger partial charge < -0.3 is 31.7 Å². The molecule has 2 heterocycles. The second-order valence-electron chi connectivity index (χ2n) is 9.63. The molecule has 12 heteroatoms. The summed E-state index contributed by atoms with van der Waals surface area (Å²) in [4.78, 5) is 55.6. The van der Waals surface area contributed by atoms with E-state index in [2.05, 4.69) is 31.2 Å². The van der Waals surface area contributed by atoms with E-state index in [-0.39, 0.29) is 18.3 Å². The van der Waals surface area contributed by atoms with Gasteiger partial charge in [-0.05, 0) is 51.3 Å². The first-order chi connectivity index (χ1) is 18.1. The number of aromatic nitrogens is 2. The molecule has 2 aromatic rings. The molecule has 1 aromatic carbocycles. The smallest absolute Gasteiger partial charge is 0.306 e. The monoisotopic (exact) mass is 525 g/mol. The minimum absolute atomic E-state index is 0.268. The van der Waals surface area contributed by atoms with E-state index in [1.807, 2.05) is 31.2 Å². The highest BCUT2D eigenvalue weighted by Gasteiger charge is 2.33. The maximum absolute atomic E-state index is 12.1. The molecule has 1 aliphatic rings. The van der Waals surface area contributed by atoms with Gasteiger partial charge in [-0.25, -0.2) is 4.98 Å². The highest BCUT2D eigenvalue weighted by molar-refractivity contribution is 6.03. The standard InChI is InChI=1S/C26H35N7O5/c1-16-15-31-25(33-21(16)28-11-5-12-30-24(37)26(2,3)23(27)36)32-18-7-4-6-17(14-18)10-13-29-22(35)19-8-9-20(34)38-19/h4,6-7,14-15,19H,5,8-13H2,1-3H3,(H2,27,36)(H,29,35)(H,30,37)(H2,28,31,32,33). The van der Waals surface area contributed by atoms with Gasteiger partial charge in [0.1, 0.15) is 11.2 Å². The molecule has 1 saturated heterocycles. The maximum atomic E-state index is 12.1. The van der Waals surface area contributed by atoms with Gasteiger partial charge in [-0.1, -0.05) is 12.1 Å². The molecule has 1 aliphatic heterocycles. The van der Waals surface area contributed by atoms with Crippen LogP contribution in [-0.4, -0.2) is 59.4 Å². The summed E-state index contributed by atoms with van der Waals surface area (Å²) in [5.41, 5.74) is 6.68. The highest BCUT2D eigenvalue weighted by Crippen LogP contribution is 2.19. The predicted octanol–water partition coefficient (Wildman–Crippen LogP) is 1.32. The Morgan fingerprint density at radius 1 is 1.16 bits per heavy atom. The van der Waals surface area contributed by atoms with Crippen molar-refractivity contribution in [3.63, 3.8) is 0 Å². The van der Waals surface area contributed by atoms with Gasteiger partial charge in [0.05, 0.1) is 0 Å². The molecule has 3 amide bonds. The Morgan fingerprint density at radius 3 is 2.66 bits per heavy atom. The molecule has 0 radical (unpaired) electrons.